The lowest BCUT2D eigenvalue weighted by molar-refractivity contribution is -0.385. The lowest BCUT2D eigenvalue weighted by Crippen LogP contribution is -2.07. The molecule has 0 aliphatic carbocycles. The van der Waals surface area contributed by atoms with E-state index < -0.39 is 4.92 Å². The van der Waals surface area contributed by atoms with Gasteiger partial charge in [-0.2, -0.15) is 0 Å². The highest BCUT2D eigenvalue weighted by atomic mass is 32.2. The number of nitro benzene ring substituents is 1. The summed E-state index contributed by atoms with van der Waals surface area (Å²) in [6.07, 6.45) is 0. The second-order valence-corrected chi connectivity index (χ2v) is 6.03. The number of benzene rings is 1. The van der Waals surface area contributed by atoms with Gasteiger partial charge in [-0.15, -0.1) is 5.10 Å². The Morgan fingerprint density at radius 3 is 2.86 bits per heavy atom. The Bertz CT molecular complexity index is 659. The van der Waals surface area contributed by atoms with Crippen molar-refractivity contribution in [3.05, 3.63) is 33.9 Å². The highest BCUT2D eigenvalue weighted by Crippen LogP contribution is 2.30. The first-order chi connectivity index (χ1) is 10.5. The quantitative estimate of drug-likeness (QED) is 0.439. The van der Waals surface area contributed by atoms with Crippen LogP contribution < -0.4 is 4.74 Å². The van der Waals surface area contributed by atoms with E-state index in [0.29, 0.717) is 16.8 Å². The third-order valence-corrected chi connectivity index (χ3v) is 3.87. The second kappa shape index (κ2) is 7.21. The van der Waals surface area contributed by atoms with Crippen LogP contribution in [0.25, 0.3) is 0 Å². The van der Waals surface area contributed by atoms with Crippen molar-refractivity contribution in [3.8, 4) is 5.75 Å². The van der Waals surface area contributed by atoms with E-state index in [1.54, 1.807) is 16.8 Å². The monoisotopic (exact) mass is 323 g/mol. The zero-order chi connectivity index (χ0) is 16.1. The Balaban J connectivity index is 2.10. The molecule has 0 fully saturated rings. The average molecular weight is 323 g/mol. The summed E-state index contributed by atoms with van der Waals surface area (Å²) in [6.45, 7) is 4.91. The maximum Gasteiger partial charge on any atom is 0.311 e. The van der Waals surface area contributed by atoms with E-state index in [-0.39, 0.29) is 11.4 Å². The number of nitro groups is 1. The van der Waals surface area contributed by atoms with E-state index in [1.165, 1.54) is 24.9 Å². The van der Waals surface area contributed by atoms with Crippen LogP contribution in [0.3, 0.4) is 0 Å². The zero-order valence-electron chi connectivity index (χ0n) is 12.6. The van der Waals surface area contributed by atoms with E-state index in [9.17, 15) is 10.1 Å². The van der Waals surface area contributed by atoms with Gasteiger partial charge in [-0.3, -0.25) is 10.1 Å². The van der Waals surface area contributed by atoms with Gasteiger partial charge in [0, 0.05) is 18.4 Å². The van der Waals surface area contributed by atoms with Crippen molar-refractivity contribution in [1.82, 2.24) is 20.2 Å². The van der Waals surface area contributed by atoms with Gasteiger partial charge in [0.05, 0.1) is 12.0 Å². The Morgan fingerprint density at radius 2 is 2.23 bits per heavy atom. The van der Waals surface area contributed by atoms with Crippen molar-refractivity contribution in [2.75, 3.05) is 7.11 Å². The number of thioether (sulfide) groups is 1. The second-order valence-electron chi connectivity index (χ2n) is 5.09. The maximum atomic E-state index is 11.0. The molecule has 1 aromatic carbocycles. The Hall–Kier alpha value is -2.16. The first-order valence-electron chi connectivity index (χ1n) is 6.71. The number of tetrazole rings is 1. The molecule has 0 saturated heterocycles. The summed E-state index contributed by atoms with van der Waals surface area (Å²) >= 11 is 1.45. The van der Waals surface area contributed by atoms with Crippen molar-refractivity contribution in [2.24, 2.45) is 5.92 Å². The van der Waals surface area contributed by atoms with Gasteiger partial charge in [0.15, 0.2) is 5.75 Å². The summed E-state index contributed by atoms with van der Waals surface area (Å²) in [7, 11) is 1.41. The Labute approximate surface area is 132 Å². The van der Waals surface area contributed by atoms with Crippen LogP contribution in [0.5, 0.6) is 5.75 Å². The first kappa shape index (κ1) is 16.2. The first-order valence-corrected chi connectivity index (χ1v) is 7.70. The maximum absolute atomic E-state index is 11.0. The van der Waals surface area contributed by atoms with Gasteiger partial charge in [0.2, 0.25) is 5.16 Å². The average Bonchev–Trinajstić information content (AvgIpc) is 2.91. The molecule has 0 spiro atoms. The molecule has 9 heteroatoms. The fraction of sp³-hybridized carbons (Fsp3) is 0.462. The van der Waals surface area contributed by atoms with Crippen LogP contribution in [-0.2, 0) is 12.3 Å². The molecule has 0 radical (unpaired) electrons. The number of methoxy groups -OCH3 is 1. The van der Waals surface area contributed by atoms with Crippen molar-refractivity contribution >= 4 is 17.4 Å². The van der Waals surface area contributed by atoms with Crippen molar-refractivity contribution < 1.29 is 9.66 Å². The van der Waals surface area contributed by atoms with Gasteiger partial charge in [0.1, 0.15) is 0 Å². The molecule has 0 amide bonds. The molecule has 22 heavy (non-hydrogen) atoms. The molecule has 1 heterocycles. The molecular weight excluding hydrogens is 306 g/mol. The van der Waals surface area contributed by atoms with Gasteiger partial charge in [-0.1, -0.05) is 31.7 Å². The molecule has 2 aromatic rings. The molecule has 0 aliphatic rings. The van der Waals surface area contributed by atoms with Gasteiger partial charge in [0.25, 0.3) is 0 Å². The number of hydrogen-bond donors (Lipinski definition) is 0. The van der Waals surface area contributed by atoms with Crippen LogP contribution in [0.4, 0.5) is 5.69 Å². The van der Waals surface area contributed by atoms with E-state index in [4.69, 9.17) is 4.74 Å². The smallest absolute Gasteiger partial charge is 0.311 e. The minimum atomic E-state index is -0.449. The summed E-state index contributed by atoms with van der Waals surface area (Å²) in [4.78, 5) is 10.6. The largest absolute Gasteiger partial charge is 0.490 e. The number of hydrogen-bond acceptors (Lipinski definition) is 7. The van der Waals surface area contributed by atoms with Crippen molar-refractivity contribution in [1.29, 1.82) is 0 Å². The number of ether oxygens (including phenoxy) is 1. The van der Waals surface area contributed by atoms with Crippen LogP contribution >= 0.6 is 11.8 Å². The molecular formula is C13H17N5O3S. The van der Waals surface area contributed by atoms with Crippen LogP contribution in [-0.4, -0.2) is 32.2 Å². The van der Waals surface area contributed by atoms with E-state index in [0.717, 1.165) is 12.1 Å². The molecule has 2 rings (SSSR count). The molecule has 0 bridgehead atoms. The third-order valence-electron chi connectivity index (χ3n) is 2.85. The number of nitrogens with zero attached hydrogens (tertiary/aromatic N) is 5. The molecule has 0 N–H and O–H groups in total. The van der Waals surface area contributed by atoms with E-state index >= 15 is 0 Å². The Kier molecular flexibility index (Phi) is 5.31. The molecule has 8 nitrogen and oxygen atoms in total. The van der Waals surface area contributed by atoms with Gasteiger partial charge in [-0.25, -0.2) is 4.68 Å². The normalized spacial score (nSPS) is 10.9. The highest BCUT2D eigenvalue weighted by molar-refractivity contribution is 7.98. The molecule has 0 saturated carbocycles. The summed E-state index contributed by atoms with van der Waals surface area (Å²) in [5.74, 6) is 1.23. The standard InChI is InChI=1S/C13H17N5O3S/c1-9(2)7-17-13(14-15-16-17)22-8-10-4-5-12(21-3)11(6-10)18(19)20/h4-6,9H,7-8H2,1-3H3. The van der Waals surface area contributed by atoms with Crippen LogP contribution in [0.15, 0.2) is 23.4 Å². The predicted octanol–water partition coefficient (Wildman–Crippen LogP) is 2.54. The van der Waals surface area contributed by atoms with Gasteiger partial charge < -0.3 is 4.74 Å². The lowest BCUT2D eigenvalue weighted by atomic mass is 10.2. The number of rotatable bonds is 7. The molecule has 0 unspecified atom stereocenters. The third kappa shape index (κ3) is 3.94. The fourth-order valence-electron chi connectivity index (χ4n) is 1.88. The predicted molar refractivity (Wildman–Crippen MR) is 81.9 cm³/mol. The van der Waals surface area contributed by atoms with Gasteiger partial charge in [-0.05, 0) is 28.0 Å². The lowest BCUT2D eigenvalue weighted by Gasteiger charge is -2.07. The van der Waals surface area contributed by atoms with Crippen LogP contribution in [0.2, 0.25) is 0 Å². The molecule has 0 atom stereocenters. The summed E-state index contributed by atoms with van der Waals surface area (Å²) in [6, 6.07) is 4.92. The molecule has 1 aromatic heterocycles. The van der Waals surface area contributed by atoms with Crippen molar-refractivity contribution in [3.63, 3.8) is 0 Å². The van der Waals surface area contributed by atoms with Gasteiger partial charge >= 0.3 is 5.69 Å². The highest BCUT2D eigenvalue weighted by Gasteiger charge is 2.16. The summed E-state index contributed by atoms with van der Waals surface area (Å²) < 4.78 is 6.73. The fourth-order valence-corrected chi connectivity index (χ4v) is 2.71. The van der Waals surface area contributed by atoms with Crippen LogP contribution in [0, 0.1) is 16.0 Å². The topological polar surface area (TPSA) is 96.0 Å². The minimum Gasteiger partial charge on any atom is -0.490 e. The SMILES string of the molecule is COc1ccc(CSc2nnnn2CC(C)C)cc1[N+](=O)[O-]. The Morgan fingerprint density at radius 1 is 1.45 bits per heavy atom. The van der Waals surface area contributed by atoms with E-state index in [2.05, 4.69) is 29.4 Å². The van der Waals surface area contributed by atoms with E-state index in [1.807, 2.05) is 0 Å². The van der Waals surface area contributed by atoms with Crippen LogP contribution in [0.1, 0.15) is 19.4 Å². The zero-order valence-corrected chi connectivity index (χ0v) is 13.4. The number of aromatic nitrogens is 4. The van der Waals surface area contributed by atoms with Crippen molar-refractivity contribution in [2.45, 2.75) is 31.3 Å². The molecule has 0 aliphatic heterocycles. The minimum absolute atomic E-state index is 0.0395. The summed E-state index contributed by atoms with van der Waals surface area (Å²) in [5.41, 5.74) is 0.777. The summed E-state index contributed by atoms with van der Waals surface area (Å²) in [5, 5.41) is 23.3. The molecule has 118 valence electrons.